The van der Waals surface area contributed by atoms with Gasteiger partial charge in [0.15, 0.2) is 0 Å². The van der Waals surface area contributed by atoms with Gasteiger partial charge in [-0.15, -0.1) is 48.1 Å². The first kappa shape index (κ1) is 54.8. The molecule has 0 unspecified atom stereocenters. The second kappa shape index (κ2) is 20.5. The second-order valence-electron chi connectivity index (χ2n) is 25.9. The van der Waals surface area contributed by atoms with E-state index in [4.69, 9.17) is 9.72 Å². The first-order valence-electron chi connectivity index (χ1n) is 29.5. The van der Waals surface area contributed by atoms with Gasteiger partial charge < -0.3 is 28.2 Å². The summed E-state index contributed by atoms with van der Waals surface area (Å²) in [6.45, 7) is 22.8. The number of para-hydroxylation sites is 5. The van der Waals surface area contributed by atoms with Gasteiger partial charge in [-0.05, 0) is 129 Å². The molecule has 0 atom stereocenters. The standard InChI is InChI=1S/C78H65N6O.Pt/c1-76(2,3)51-39-40-79-74(45-51)84-71-38-35-56(83-69-32-16-12-27-63(69)64-28-13-17-33-70(64)83)47-66(71)65-37-36-59(48-73(65)84)85-58-24-19-22-54(46-58)80-49-81(57-43-52(77(4,5)6)42-53(44-57)78(7,8)9)75-60(29-20-34-72(75)80)50-21-18-23-55(41-50)82-67-30-14-10-25-61(67)62-26-11-15-31-68(62)82;/h10-45,47,49H,1-9H3;/q-3;. The maximum atomic E-state index is 6.93. The van der Waals surface area contributed by atoms with Crippen LogP contribution in [0.5, 0.6) is 11.5 Å². The van der Waals surface area contributed by atoms with Gasteiger partial charge in [0.2, 0.25) is 0 Å². The summed E-state index contributed by atoms with van der Waals surface area (Å²) >= 11 is 0. The fourth-order valence-corrected chi connectivity index (χ4v) is 12.8. The predicted molar refractivity (Wildman–Crippen MR) is 354 cm³/mol. The third-order valence-electron chi connectivity index (χ3n) is 17.2. The maximum absolute atomic E-state index is 6.93. The fraction of sp³-hybridized carbons (Fsp3) is 0.154. The van der Waals surface area contributed by atoms with Gasteiger partial charge in [0.25, 0.3) is 0 Å². The number of rotatable bonds is 8. The van der Waals surface area contributed by atoms with Crippen molar-refractivity contribution in [3.8, 4) is 39.8 Å². The van der Waals surface area contributed by atoms with Gasteiger partial charge >= 0.3 is 0 Å². The topological polar surface area (TPSA) is 43.4 Å². The Morgan fingerprint density at radius 1 is 0.395 bits per heavy atom. The molecule has 10 aromatic carbocycles. The Morgan fingerprint density at radius 3 is 1.55 bits per heavy atom. The summed E-state index contributed by atoms with van der Waals surface area (Å²) in [5, 5.41) is 7.08. The van der Waals surface area contributed by atoms with Gasteiger partial charge in [0, 0.05) is 99.8 Å². The third kappa shape index (κ3) is 9.18. The molecule has 0 spiro atoms. The Labute approximate surface area is 517 Å². The van der Waals surface area contributed by atoms with Gasteiger partial charge in [0.1, 0.15) is 5.82 Å². The minimum absolute atomic E-state index is 0. The Kier molecular flexibility index (Phi) is 13.1. The zero-order valence-corrected chi connectivity index (χ0v) is 52.1. The predicted octanol–water partition coefficient (Wildman–Crippen LogP) is 20.7. The van der Waals surface area contributed by atoms with Gasteiger partial charge in [-0.1, -0.05) is 171 Å². The van der Waals surface area contributed by atoms with Crippen molar-refractivity contribution in [2.24, 2.45) is 0 Å². The number of ether oxygens (including phenoxy) is 1. The van der Waals surface area contributed by atoms with Gasteiger partial charge in [-0.2, -0.15) is 12.1 Å². The Balaban J connectivity index is 0.00000653. The average molecular weight is 1300 g/mol. The van der Waals surface area contributed by atoms with Gasteiger partial charge in [-0.25, -0.2) is 4.98 Å². The molecular weight excluding hydrogens is 1230 g/mol. The molecule has 1 aliphatic rings. The molecule has 8 heteroatoms. The molecule has 0 N–H and O–H groups in total. The van der Waals surface area contributed by atoms with Crippen molar-refractivity contribution < 1.29 is 25.8 Å². The van der Waals surface area contributed by atoms with Crippen LogP contribution in [0.25, 0.3) is 93.7 Å². The zero-order valence-electron chi connectivity index (χ0n) is 49.8. The summed E-state index contributed by atoms with van der Waals surface area (Å²) in [4.78, 5) is 9.69. The normalized spacial score (nSPS) is 13.0. The first-order valence-corrected chi connectivity index (χ1v) is 29.5. The molecule has 0 radical (unpaired) electrons. The minimum atomic E-state index is -0.0916. The summed E-state index contributed by atoms with van der Waals surface area (Å²) in [6, 6.07) is 86.6. The van der Waals surface area contributed by atoms with Crippen LogP contribution in [0.1, 0.15) is 79.0 Å². The van der Waals surface area contributed by atoms with E-state index in [0.29, 0.717) is 11.5 Å². The molecule has 14 aromatic rings. The van der Waals surface area contributed by atoms with Crippen LogP contribution in [-0.4, -0.2) is 18.7 Å². The van der Waals surface area contributed by atoms with Gasteiger partial charge in [-0.3, -0.25) is 0 Å². The summed E-state index contributed by atoms with van der Waals surface area (Å²) in [7, 11) is 0. The van der Waals surface area contributed by atoms with Crippen LogP contribution < -0.4 is 14.5 Å². The molecule has 7 nitrogen and oxygen atoms in total. The molecule has 86 heavy (non-hydrogen) atoms. The zero-order chi connectivity index (χ0) is 58.1. The summed E-state index contributed by atoms with van der Waals surface area (Å²) < 4.78 is 14.0. The largest absolute Gasteiger partial charge is 0.509 e. The van der Waals surface area contributed by atoms with E-state index in [1.807, 2.05) is 18.3 Å². The quantitative estimate of drug-likeness (QED) is 0.142. The van der Waals surface area contributed by atoms with E-state index >= 15 is 0 Å². The van der Waals surface area contributed by atoms with E-state index in [-0.39, 0.29) is 37.3 Å². The number of nitrogens with zero attached hydrogens (tertiary/aromatic N) is 6. The van der Waals surface area contributed by atoms with Crippen molar-refractivity contribution in [1.29, 1.82) is 0 Å². The Morgan fingerprint density at radius 2 is 0.942 bits per heavy atom. The molecule has 0 aliphatic carbocycles. The maximum Gasteiger partial charge on any atom is 0.135 e. The molecule has 0 amide bonds. The molecule has 0 bridgehead atoms. The number of fused-ring (bicyclic) bond motifs is 10. The SMILES string of the molecule is CC(C)(C)c1cc(N2[CH-]N(c3[c-]c(Oc4[c-]c5c(cc4)c4cc(-n6c7ccccc7c7ccccc76)ccc4n5-c4cc(C(C)(C)C)ccn4)ccc3)c3cccc(-c4cccc(-n5c6ccccc6c6ccccc65)c4)c32)cc(C(C)(C)C)c1.[Pt]. The van der Waals surface area contributed by atoms with Crippen molar-refractivity contribution >= 4 is 88.2 Å². The molecule has 0 saturated carbocycles. The van der Waals surface area contributed by atoms with Gasteiger partial charge in [0.05, 0.1) is 22.1 Å². The Bertz CT molecular complexity index is 4860. The Hall–Kier alpha value is -9.16. The monoisotopic (exact) mass is 1300 g/mol. The number of hydrogen-bond acceptors (Lipinski definition) is 4. The van der Waals surface area contributed by atoms with Crippen molar-refractivity contribution in [3.63, 3.8) is 0 Å². The molecule has 426 valence electrons. The number of hydrogen-bond donors (Lipinski definition) is 0. The number of benzene rings is 10. The van der Waals surface area contributed by atoms with Crippen molar-refractivity contribution in [3.05, 3.63) is 260 Å². The molecule has 15 rings (SSSR count). The van der Waals surface area contributed by atoms with Crippen LogP contribution in [-0.2, 0) is 37.3 Å². The number of anilines is 4. The molecule has 0 fully saturated rings. The molecule has 4 aromatic heterocycles. The number of aromatic nitrogens is 4. The van der Waals surface area contributed by atoms with E-state index in [0.717, 1.165) is 72.9 Å². The summed E-state index contributed by atoms with van der Waals surface area (Å²) in [6.07, 6.45) is 1.92. The van der Waals surface area contributed by atoms with Crippen LogP contribution in [0.15, 0.2) is 225 Å². The molecule has 0 saturated heterocycles. The van der Waals surface area contributed by atoms with Crippen molar-refractivity contribution in [2.45, 2.75) is 78.6 Å². The fourth-order valence-electron chi connectivity index (χ4n) is 12.8. The van der Waals surface area contributed by atoms with E-state index in [2.05, 4.69) is 311 Å². The van der Waals surface area contributed by atoms with E-state index < -0.39 is 0 Å². The smallest absolute Gasteiger partial charge is 0.135 e. The molecule has 5 heterocycles. The van der Waals surface area contributed by atoms with Crippen LogP contribution in [0.2, 0.25) is 0 Å². The van der Waals surface area contributed by atoms with E-state index in [9.17, 15) is 0 Å². The summed E-state index contributed by atoms with van der Waals surface area (Å²) in [5.41, 5.74) is 18.6. The first-order chi connectivity index (χ1) is 41.0. The third-order valence-corrected chi connectivity index (χ3v) is 17.2. The van der Waals surface area contributed by atoms with E-state index in [1.54, 1.807) is 0 Å². The van der Waals surface area contributed by atoms with Crippen molar-refractivity contribution in [1.82, 2.24) is 18.7 Å². The summed E-state index contributed by atoms with van der Waals surface area (Å²) in [5.74, 6) is 1.98. The van der Waals surface area contributed by atoms with Crippen LogP contribution in [0.4, 0.5) is 22.7 Å². The second-order valence-corrected chi connectivity index (χ2v) is 25.9. The van der Waals surface area contributed by atoms with Crippen LogP contribution >= 0.6 is 0 Å². The van der Waals surface area contributed by atoms with Crippen molar-refractivity contribution in [2.75, 3.05) is 9.80 Å². The number of pyridine rings is 1. The van der Waals surface area contributed by atoms with E-state index in [1.165, 1.54) is 60.3 Å². The molecule has 1 aliphatic heterocycles. The van der Waals surface area contributed by atoms with Crippen LogP contribution in [0, 0.1) is 18.8 Å². The van der Waals surface area contributed by atoms with Crippen LogP contribution in [0.3, 0.4) is 0 Å². The minimum Gasteiger partial charge on any atom is -0.509 e. The average Bonchev–Trinajstić information content (AvgIpc) is 1.65. The molecular formula is C78H65N6OPt-3.